The third-order valence-electron chi connectivity index (χ3n) is 4.69. The smallest absolute Gasteiger partial charge is 0.143 e. The van der Waals surface area contributed by atoms with Crippen LogP contribution in [0.5, 0.6) is 5.75 Å². The predicted octanol–water partition coefficient (Wildman–Crippen LogP) is 7.13. The number of hydrogen-bond acceptors (Lipinski definition) is 3. The maximum Gasteiger partial charge on any atom is 0.143 e. The number of allylic oxidation sites excluding steroid dienone is 1. The number of rotatable bonds is 7. The first-order valence-corrected chi connectivity index (χ1v) is 10.9. The summed E-state index contributed by atoms with van der Waals surface area (Å²) in [5.74, 6) is 2.25. The van der Waals surface area contributed by atoms with Crippen molar-refractivity contribution in [2.45, 2.75) is 52.2 Å². The van der Waals surface area contributed by atoms with Crippen molar-refractivity contribution in [1.29, 1.82) is 0 Å². The van der Waals surface area contributed by atoms with Crippen molar-refractivity contribution in [2.75, 3.05) is 17.7 Å². The van der Waals surface area contributed by atoms with Gasteiger partial charge in [-0.3, -0.25) is 0 Å². The molecule has 0 aromatic heterocycles. The number of benzene rings is 2. The maximum atomic E-state index is 11.0. The number of hydrogen-bond donors (Lipinski definition) is 1. The highest BCUT2D eigenvalue weighted by atomic mass is 32.2. The van der Waals surface area contributed by atoms with Crippen LogP contribution in [0.15, 0.2) is 42.5 Å². The van der Waals surface area contributed by atoms with E-state index in [1.165, 1.54) is 5.56 Å². The van der Waals surface area contributed by atoms with Gasteiger partial charge < -0.3 is 10.0 Å². The minimum atomic E-state index is 0.0244. The van der Waals surface area contributed by atoms with Gasteiger partial charge in [-0.05, 0) is 40.8 Å². The van der Waals surface area contributed by atoms with Crippen LogP contribution >= 0.6 is 11.8 Å². The van der Waals surface area contributed by atoms with Crippen molar-refractivity contribution in [3.05, 3.63) is 59.2 Å². The number of aromatic hydroxyl groups is 1. The van der Waals surface area contributed by atoms with E-state index in [0.29, 0.717) is 5.75 Å². The Morgan fingerprint density at radius 3 is 2.41 bits per heavy atom. The first kappa shape index (κ1) is 21.4. The Kier molecular flexibility index (Phi) is 7.43. The molecule has 0 saturated carbocycles. The van der Waals surface area contributed by atoms with Crippen molar-refractivity contribution in [3.63, 3.8) is 0 Å². The first-order valence-electron chi connectivity index (χ1n) is 9.73. The summed E-state index contributed by atoms with van der Waals surface area (Å²) in [7, 11) is 2.04. The van der Waals surface area contributed by atoms with E-state index in [1.54, 1.807) is 0 Å². The lowest BCUT2D eigenvalue weighted by atomic mass is 9.85. The summed E-state index contributed by atoms with van der Waals surface area (Å²) in [5.41, 5.74) is 5.40. The molecule has 146 valence electrons. The lowest BCUT2D eigenvalue weighted by molar-refractivity contribution is 0.470. The highest BCUT2D eigenvalue weighted by molar-refractivity contribution is 7.98. The van der Waals surface area contributed by atoms with Gasteiger partial charge in [-0.25, -0.2) is 0 Å². The highest BCUT2D eigenvalue weighted by Gasteiger charge is 2.21. The molecule has 0 aliphatic carbocycles. The molecule has 0 aliphatic rings. The Labute approximate surface area is 169 Å². The molecule has 0 fully saturated rings. The lowest BCUT2D eigenvalue weighted by Crippen LogP contribution is -2.16. The molecule has 0 heterocycles. The van der Waals surface area contributed by atoms with Crippen LogP contribution in [0.25, 0.3) is 6.08 Å². The van der Waals surface area contributed by atoms with E-state index >= 15 is 0 Å². The second-order valence-electron chi connectivity index (χ2n) is 7.82. The van der Waals surface area contributed by atoms with Gasteiger partial charge in [0, 0.05) is 24.1 Å². The monoisotopic (exact) mass is 383 g/mol. The highest BCUT2D eigenvalue weighted by Crippen LogP contribution is 2.41. The van der Waals surface area contributed by atoms with Crippen molar-refractivity contribution in [1.82, 2.24) is 0 Å². The van der Waals surface area contributed by atoms with Gasteiger partial charge in [0.1, 0.15) is 5.75 Å². The molecular weight excluding hydrogens is 350 g/mol. The Hall–Kier alpha value is -1.87. The largest absolute Gasteiger partial charge is 0.505 e. The van der Waals surface area contributed by atoms with E-state index in [4.69, 9.17) is 0 Å². The Balaban J connectivity index is 2.58. The topological polar surface area (TPSA) is 23.5 Å². The summed E-state index contributed by atoms with van der Waals surface area (Å²) in [6.07, 6.45) is 5.33. The molecule has 0 bridgehead atoms. The van der Waals surface area contributed by atoms with Crippen LogP contribution in [0, 0.1) is 0 Å². The van der Waals surface area contributed by atoms with Gasteiger partial charge in [-0.1, -0.05) is 71.0 Å². The van der Waals surface area contributed by atoms with E-state index in [9.17, 15) is 5.11 Å². The summed E-state index contributed by atoms with van der Waals surface area (Å²) in [5, 5.41) is 11.0. The average Bonchev–Trinajstić information content (AvgIpc) is 2.64. The first-order chi connectivity index (χ1) is 12.8. The van der Waals surface area contributed by atoms with Crippen LogP contribution in [0.2, 0.25) is 0 Å². The van der Waals surface area contributed by atoms with Crippen LogP contribution < -0.4 is 4.90 Å². The summed E-state index contributed by atoms with van der Waals surface area (Å²) >= 11 is 1.84. The zero-order chi connectivity index (χ0) is 20.0. The van der Waals surface area contributed by atoms with Gasteiger partial charge in [0.15, 0.2) is 0 Å². The maximum absolute atomic E-state index is 11.0. The van der Waals surface area contributed by atoms with Crippen molar-refractivity contribution in [2.24, 2.45) is 0 Å². The van der Waals surface area contributed by atoms with Gasteiger partial charge in [-0.2, -0.15) is 11.8 Å². The number of para-hydroxylation sites is 1. The van der Waals surface area contributed by atoms with Crippen LogP contribution in [0.4, 0.5) is 11.4 Å². The molecular formula is C24H33NOS. The van der Waals surface area contributed by atoms with Crippen molar-refractivity contribution >= 4 is 29.2 Å². The molecule has 0 aliphatic heterocycles. The summed E-state index contributed by atoms with van der Waals surface area (Å²) < 4.78 is 0. The lowest BCUT2D eigenvalue weighted by Gasteiger charge is -2.28. The van der Waals surface area contributed by atoms with E-state index < -0.39 is 0 Å². The molecule has 2 aromatic carbocycles. The van der Waals surface area contributed by atoms with E-state index in [1.807, 2.05) is 24.9 Å². The Morgan fingerprint density at radius 2 is 1.78 bits per heavy atom. The van der Waals surface area contributed by atoms with Crippen molar-refractivity contribution < 1.29 is 5.11 Å². The third-order valence-corrected chi connectivity index (χ3v) is 5.61. The molecule has 1 N–H and O–H groups in total. The molecule has 0 saturated heterocycles. The molecule has 0 unspecified atom stereocenters. The molecule has 2 nitrogen and oxygen atoms in total. The fourth-order valence-corrected chi connectivity index (χ4v) is 3.64. The van der Waals surface area contributed by atoms with Gasteiger partial charge in [-0.15, -0.1) is 0 Å². The molecule has 0 atom stereocenters. The van der Waals surface area contributed by atoms with Crippen LogP contribution in [0.3, 0.4) is 0 Å². The second-order valence-corrected chi connectivity index (χ2v) is 9.09. The summed E-state index contributed by atoms with van der Waals surface area (Å²) in [6.45, 7) is 10.9. The quantitative estimate of drug-likeness (QED) is 0.550. The predicted molar refractivity (Wildman–Crippen MR) is 122 cm³/mol. The SMILES string of the molecule is CC/C=C/c1ccccc1N(C)c1cc(C(C)(C)C)cc(CSCC)c1O. The molecule has 2 aromatic rings. The molecule has 2 rings (SSSR count). The van der Waals surface area contributed by atoms with E-state index in [-0.39, 0.29) is 5.41 Å². The normalized spacial score (nSPS) is 11.9. The van der Waals surface area contributed by atoms with Crippen molar-refractivity contribution in [3.8, 4) is 5.75 Å². The Morgan fingerprint density at radius 1 is 1.07 bits per heavy atom. The minimum absolute atomic E-state index is 0.0244. The number of phenolic OH excluding ortho intramolecular Hbond substituents is 1. The molecule has 3 heteroatoms. The number of thioether (sulfide) groups is 1. The second kappa shape index (κ2) is 9.36. The summed E-state index contributed by atoms with van der Waals surface area (Å²) in [6, 6.07) is 12.6. The zero-order valence-electron chi connectivity index (χ0n) is 17.5. The fourth-order valence-electron chi connectivity index (χ4n) is 3.00. The average molecular weight is 384 g/mol. The molecule has 27 heavy (non-hydrogen) atoms. The van der Waals surface area contributed by atoms with Gasteiger partial charge >= 0.3 is 0 Å². The minimum Gasteiger partial charge on any atom is -0.505 e. The van der Waals surface area contributed by atoms with Gasteiger partial charge in [0.2, 0.25) is 0 Å². The standard InChI is InChI=1S/C24H33NOS/c1-7-9-12-18-13-10-11-14-21(18)25(6)22-16-20(24(3,4)5)15-19(23(22)26)17-27-8-2/h9-16,26H,7-8,17H2,1-6H3/b12-9+. The number of nitrogens with zero attached hydrogens (tertiary/aromatic N) is 1. The van der Waals surface area contributed by atoms with Gasteiger partial charge in [0.25, 0.3) is 0 Å². The van der Waals surface area contributed by atoms with E-state index in [2.05, 4.69) is 82.0 Å². The number of anilines is 2. The summed E-state index contributed by atoms with van der Waals surface area (Å²) in [4.78, 5) is 2.11. The van der Waals surface area contributed by atoms with E-state index in [0.717, 1.165) is 40.4 Å². The van der Waals surface area contributed by atoms with Crippen LogP contribution in [-0.2, 0) is 11.2 Å². The molecule has 0 radical (unpaired) electrons. The molecule has 0 amide bonds. The zero-order valence-corrected chi connectivity index (χ0v) is 18.4. The van der Waals surface area contributed by atoms with Crippen LogP contribution in [0.1, 0.15) is 57.7 Å². The van der Waals surface area contributed by atoms with Gasteiger partial charge in [0.05, 0.1) is 5.69 Å². The fraction of sp³-hybridized carbons (Fsp3) is 0.417. The third kappa shape index (κ3) is 5.32. The molecule has 0 spiro atoms. The van der Waals surface area contributed by atoms with Crippen LogP contribution in [-0.4, -0.2) is 17.9 Å². The Bertz CT molecular complexity index is 789. The number of phenols is 1.